The van der Waals surface area contributed by atoms with Crippen LogP contribution < -0.4 is 16.0 Å². The molecule has 0 atom stereocenters. The van der Waals surface area contributed by atoms with Crippen molar-refractivity contribution in [2.75, 3.05) is 26.2 Å². The minimum Gasteiger partial charge on any atom is -0.314 e. The van der Waals surface area contributed by atoms with E-state index in [0.29, 0.717) is 12.1 Å². The quantitative estimate of drug-likeness (QED) is 0.486. The summed E-state index contributed by atoms with van der Waals surface area (Å²) in [6, 6.07) is 1.19. The minimum absolute atomic E-state index is 0.593. The van der Waals surface area contributed by atoms with Crippen LogP contribution in [0.15, 0.2) is 0 Å². The zero-order valence-corrected chi connectivity index (χ0v) is 9.48. The molecule has 0 aliphatic heterocycles. The molecule has 13 heavy (non-hydrogen) atoms. The smallest absolute Gasteiger partial charge is 0.00791 e. The molecule has 0 bridgehead atoms. The molecule has 0 spiro atoms. The van der Waals surface area contributed by atoms with Crippen molar-refractivity contribution in [1.82, 2.24) is 16.0 Å². The van der Waals surface area contributed by atoms with Crippen LogP contribution in [0.3, 0.4) is 0 Å². The standard InChI is InChI=1S/C10H25N3/c1-9(2)12-7-5-11-6-8-13-10(3)4/h9-13H,5-8H2,1-4H3. The van der Waals surface area contributed by atoms with Gasteiger partial charge in [0.15, 0.2) is 0 Å². The largest absolute Gasteiger partial charge is 0.314 e. The zero-order valence-electron chi connectivity index (χ0n) is 9.48. The average molecular weight is 187 g/mol. The normalized spacial score (nSPS) is 11.5. The van der Waals surface area contributed by atoms with Gasteiger partial charge in [0, 0.05) is 38.3 Å². The Bertz CT molecular complexity index is 90.3. The van der Waals surface area contributed by atoms with E-state index in [0.717, 1.165) is 26.2 Å². The lowest BCUT2D eigenvalue weighted by molar-refractivity contribution is 0.528. The summed E-state index contributed by atoms with van der Waals surface area (Å²) in [7, 11) is 0. The molecular formula is C10H25N3. The molecule has 0 aliphatic carbocycles. The molecule has 0 aromatic rings. The van der Waals surface area contributed by atoms with E-state index in [9.17, 15) is 0 Å². The van der Waals surface area contributed by atoms with Gasteiger partial charge in [-0.3, -0.25) is 0 Å². The molecule has 0 saturated carbocycles. The number of hydrogen-bond acceptors (Lipinski definition) is 3. The SMILES string of the molecule is CC(C)NCCNCCNC(C)C. The van der Waals surface area contributed by atoms with Crippen molar-refractivity contribution in [3.8, 4) is 0 Å². The highest BCUT2D eigenvalue weighted by atomic mass is 15.0. The van der Waals surface area contributed by atoms with Crippen molar-refractivity contribution in [2.45, 2.75) is 39.8 Å². The van der Waals surface area contributed by atoms with Gasteiger partial charge in [0.2, 0.25) is 0 Å². The monoisotopic (exact) mass is 187 g/mol. The van der Waals surface area contributed by atoms with E-state index < -0.39 is 0 Å². The Morgan fingerprint density at radius 2 is 1.08 bits per heavy atom. The van der Waals surface area contributed by atoms with Crippen LogP contribution in [0.25, 0.3) is 0 Å². The summed E-state index contributed by atoms with van der Waals surface area (Å²) < 4.78 is 0. The minimum atomic E-state index is 0.593. The number of hydrogen-bond donors (Lipinski definition) is 3. The fourth-order valence-electron chi connectivity index (χ4n) is 1.02. The summed E-state index contributed by atoms with van der Waals surface area (Å²) in [6.07, 6.45) is 0. The molecule has 0 aromatic heterocycles. The van der Waals surface area contributed by atoms with Crippen LogP contribution in [0.5, 0.6) is 0 Å². The van der Waals surface area contributed by atoms with Gasteiger partial charge in [0.1, 0.15) is 0 Å². The third kappa shape index (κ3) is 11.9. The van der Waals surface area contributed by atoms with Gasteiger partial charge in [-0.25, -0.2) is 0 Å². The van der Waals surface area contributed by atoms with Gasteiger partial charge in [-0.05, 0) is 0 Å². The van der Waals surface area contributed by atoms with Crippen LogP contribution >= 0.6 is 0 Å². The van der Waals surface area contributed by atoms with Gasteiger partial charge in [0.25, 0.3) is 0 Å². The fourth-order valence-corrected chi connectivity index (χ4v) is 1.02. The highest BCUT2D eigenvalue weighted by Crippen LogP contribution is 1.74. The fraction of sp³-hybridized carbons (Fsp3) is 1.00. The lowest BCUT2D eigenvalue weighted by Gasteiger charge is -2.10. The Balaban J connectivity index is 2.92. The first-order valence-electron chi connectivity index (χ1n) is 5.30. The molecule has 0 amide bonds. The molecule has 0 radical (unpaired) electrons. The Hall–Kier alpha value is -0.120. The van der Waals surface area contributed by atoms with Crippen LogP contribution in [0.2, 0.25) is 0 Å². The van der Waals surface area contributed by atoms with E-state index in [-0.39, 0.29) is 0 Å². The molecule has 0 aromatic carbocycles. The maximum absolute atomic E-state index is 3.37. The maximum atomic E-state index is 3.37. The molecule has 0 aliphatic rings. The Morgan fingerprint density at radius 3 is 1.38 bits per heavy atom. The molecule has 3 heteroatoms. The van der Waals surface area contributed by atoms with Crippen molar-refractivity contribution in [3.63, 3.8) is 0 Å². The van der Waals surface area contributed by atoms with Gasteiger partial charge < -0.3 is 16.0 Å². The second-order valence-corrected chi connectivity index (χ2v) is 3.97. The van der Waals surface area contributed by atoms with Crippen LogP contribution in [-0.2, 0) is 0 Å². The van der Waals surface area contributed by atoms with E-state index in [1.807, 2.05) is 0 Å². The topological polar surface area (TPSA) is 36.1 Å². The molecule has 3 N–H and O–H groups in total. The van der Waals surface area contributed by atoms with Crippen LogP contribution in [-0.4, -0.2) is 38.3 Å². The van der Waals surface area contributed by atoms with Crippen LogP contribution in [0.4, 0.5) is 0 Å². The third-order valence-electron chi connectivity index (χ3n) is 1.71. The molecule has 3 nitrogen and oxygen atoms in total. The highest BCUT2D eigenvalue weighted by Gasteiger charge is 1.92. The summed E-state index contributed by atoms with van der Waals surface area (Å²) in [4.78, 5) is 0. The predicted molar refractivity (Wildman–Crippen MR) is 59.1 cm³/mol. The number of rotatable bonds is 8. The molecule has 0 saturated heterocycles. The van der Waals surface area contributed by atoms with Gasteiger partial charge in [-0.15, -0.1) is 0 Å². The lowest BCUT2D eigenvalue weighted by atomic mass is 10.4. The Morgan fingerprint density at radius 1 is 0.692 bits per heavy atom. The van der Waals surface area contributed by atoms with Gasteiger partial charge in [0.05, 0.1) is 0 Å². The average Bonchev–Trinajstić information content (AvgIpc) is 2.01. The number of nitrogens with one attached hydrogen (secondary N) is 3. The van der Waals surface area contributed by atoms with Crippen molar-refractivity contribution >= 4 is 0 Å². The molecule has 0 heterocycles. The second-order valence-electron chi connectivity index (χ2n) is 3.97. The Kier molecular flexibility index (Phi) is 8.40. The van der Waals surface area contributed by atoms with Crippen LogP contribution in [0.1, 0.15) is 27.7 Å². The highest BCUT2D eigenvalue weighted by molar-refractivity contribution is 4.58. The van der Waals surface area contributed by atoms with Gasteiger partial charge >= 0.3 is 0 Å². The van der Waals surface area contributed by atoms with Crippen molar-refractivity contribution in [3.05, 3.63) is 0 Å². The molecule has 0 fully saturated rings. The maximum Gasteiger partial charge on any atom is 0.00791 e. The van der Waals surface area contributed by atoms with Gasteiger partial charge in [-0.1, -0.05) is 27.7 Å². The van der Waals surface area contributed by atoms with E-state index >= 15 is 0 Å². The summed E-state index contributed by atoms with van der Waals surface area (Å²) in [5.41, 5.74) is 0. The first-order valence-corrected chi connectivity index (χ1v) is 5.30. The summed E-state index contributed by atoms with van der Waals surface area (Å²) in [6.45, 7) is 12.9. The molecule has 0 unspecified atom stereocenters. The predicted octanol–water partition coefficient (Wildman–Crippen LogP) is 0.572. The summed E-state index contributed by atoms with van der Waals surface area (Å²) in [5.74, 6) is 0. The van der Waals surface area contributed by atoms with E-state index in [1.165, 1.54) is 0 Å². The zero-order chi connectivity index (χ0) is 10.1. The van der Waals surface area contributed by atoms with Crippen LogP contribution in [0, 0.1) is 0 Å². The van der Waals surface area contributed by atoms with Crippen molar-refractivity contribution < 1.29 is 0 Å². The summed E-state index contributed by atoms with van der Waals surface area (Å²) in [5, 5.41) is 10.1. The summed E-state index contributed by atoms with van der Waals surface area (Å²) >= 11 is 0. The van der Waals surface area contributed by atoms with Gasteiger partial charge in [-0.2, -0.15) is 0 Å². The van der Waals surface area contributed by atoms with E-state index in [4.69, 9.17) is 0 Å². The van der Waals surface area contributed by atoms with E-state index in [1.54, 1.807) is 0 Å². The molecular weight excluding hydrogens is 162 g/mol. The van der Waals surface area contributed by atoms with Crippen molar-refractivity contribution in [2.24, 2.45) is 0 Å². The second kappa shape index (κ2) is 8.48. The van der Waals surface area contributed by atoms with Crippen molar-refractivity contribution in [1.29, 1.82) is 0 Å². The molecule has 0 rings (SSSR count). The van der Waals surface area contributed by atoms with E-state index in [2.05, 4.69) is 43.6 Å². The first-order chi connectivity index (χ1) is 6.13. The lowest BCUT2D eigenvalue weighted by Crippen LogP contribution is -2.36. The first kappa shape index (κ1) is 12.9. The Labute approximate surface area is 82.7 Å². The third-order valence-corrected chi connectivity index (χ3v) is 1.71. The molecule has 80 valence electrons.